The Kier molecular flexibility index (Phi) is 22.6. The Hall–Kier alpha value is -2.35. The molecule has 0 spiro atoms. The SMILES string of the molecule is CC.CC.CC.CCCCc1ccccc1.c1ccc(Cn2ccnc2)cc1. The Morgan fingerprint density at radius 1 is 0.714 bits per heavy atom. The number of hydrogen-bond donors (Lipinski definition) is 0. The molecule has 0 aliphatic heterocycles. The van der Waals surface area contributed by atoms with E-state index in [4.69, 9.17) is 0 Å². The van der Waals surface area contributed by atoms with Gasteiger partial charge in [-0.3, -0.25) is 0 Å². The van der Waals surface area contributed by atoms with Gasteiger partial charge >= 0.3 is 0 Å². The topological polar surface area (TPSA) is 17.8 Å². The second-order valence-electron chi connectivity index (χ2n) is 5.31. The second-order valence-corrected chi connectivity index (χ2v) is 5.31. The molecular weight excluding hydrogens is 340 g/mol. The first-order valence-corrected chi connectivity index (χ1v) is 10.9. The van der Waals surface area contributed by atoms with Crippen LogP contribution in [0.3, 0.4) is 0 Å². The van der Waals surface area contributed by atoms with Gasteiger partial charge in [0, 0.05) is 18.9 Å². The summed E-state index contributed by atoms with van der Waals surface area (Å²) in [7, 11) is 0. The van der Waals surface area contributed by atoms with E-state index in [0.29, 0.717) is 0 Å². The maximum atomic E-state index is 3.98. The Balaban J connectivity index is 0. The summed E-state index contributed by atoms with van der Waals surface area (Å²) in [6.07, 6.45) is 9.42. The average Bonchev–Trinajstić information content (AvgIpc) is 3.31. The van der Waals surface area contributed by atoms with Gasteiger partial charge in [-0.15, -0.1) is 0 Å². The number of benzene rings is 2. The van der Waals surface area contributed by atoms with Crippen LogP contribution < -0.4 is 0 Å². The van der Waals surface area contributed by atoms with Crippen molar-refractivity contribution in [3.63, 3.8) is 0 Å². The van der Waals surface area contributed by atoms with Crippen LogP contribution in [0.2, 0.25) is 0 Å². The first-order valence-electron chi connectivity index (χ1n) is 10.9. The van der Waals surface area contributed by atoms with E-state index >= 15 is 0 Å². The summed E-state index contributed by atoms with van der Waals surface area (Å²) in [6.45, 7) is 15.1. The van der Waals surface area contributed by atoms with Crippen molar-refractivity contribution in [1.29, 1.82) is 0 Å². The summed E-state index contributed by atoms with van der Waals surface area (Å²) in [6, 6.07) is 21.0. The fourth-order valence-corrected chi connectivity index (χ4v) is 2.20. The van der Waals surface area contributed by atoms with Crippen molar-refractivity contribution in [2.24, 2.45) is 0 Å². The molecule has 0 radical (unpaired) electrons. The van der Waals surface area contributed by atoms with Gasteiger partial charge in [0.2, 0.25) is 0 Å². The van der Waals surface area contributed by atoms with Crippen LogP contribution in [0, 0.1) is 0 Å². The van der Waals surface area contributed by atoms with Crippen molar-refractivity contribution in [3.05, 3.63) is 90.5 Å². The number of aryl methyl sites for hydroxylation is 1. The standard InChI is InChI=1S/C10H10N2.C10H14.3C2H6/c1-2-4-10(5-3-1)8-12-7-6-11-9-12;1-2-3-7-10-8-5-4-6-9-10;3*1-2/h1-7,9H,8H2;4-6,8-9H,2-3,7H2,1H3;3*1-2H3. The van der Waals surface area contributed by atoms with E-state index in [1.54, 1.807) is 6.20 Å². The molecule has 0 amide bonds. The van der Waals surface area contributed by atoms with Gasteiger partial charge in [0.05, 0.1) is 6.33 Å². The fraction of sp³-hybridized carbons (Fsp3) is 0.423. The molecule has 2 heteroatoms. The van der Waals surface area contributed by atoms with E-state index in [9.17, 15) is 0 Å². The number of hydrogen-bond acceptors (Lipinski definition) is 1. The third-order valence-corrected chi connectivity index (χ3v) is 3.43. The fourth-order valence-electron chi connectivity index (χ4n) is 2.20. The van der Waals surface area contributed by atoms with Gasteiger partial charge < -0.3 is 4.57 Å². The van der Waals surface area contributed by atoms with Crippen LogP contribution >= 0.6 is 0 Å². The first-order chi connectivity index (χ1) is 13.9. The third kappa shape index (κ3) is 14.8. The Morgan fingerprint density at radius 2 is 1.21 bits per heavy atom. The van der Waals surface area contributed by atoms with Crippen LogP contribution in [0.5, 0.6) is 0 Å². The lowest BCUT2D eigenvalue weighted by atomic mass is 10.1. The normalized spacial score (nSPS) is 8.39. The highest BCUT2D eigenvalue weighted by molar-refractivity contribution is 5.15. The van der Waals surface area contributed by atoms with Gasteiger partial charge in [0.25, 0.3) is 0 Å². The molecule has 156 valence electrons. The predicted octanol–water partition coefficient (Wildman–Crippen LogP) is 8.04. The number of nitrogens with zero attached hydrogens (tertiary/aromatic N) is 2. The third-order valence-electron chi connectivity index (χ3n) is 3.43. The second kappa shape index (κ2) is 22.7. The monoisotopic (exact) mass is 382 g/mol. The van der Waals surface area contributed by atoms with E-state index in [0.717, 1.165) is 6.54 Å². The molecule has 0 aliphatic carbocycles. The van der Waals surface area contributed by atoms with Crippen molar-refractivity contribution in [2.75, 3.05) is 0 Å². The van der Waals surface area contributed by atoms with Crippen molar-refractivity contribution >= 4 is 0 Å². The smallest absolute Gasteiger partial charge is 0.0949 e. The van der Waals surface area contributed by atoms with E-state index in [2.05, 4.69) is 58.9 Å². The highest BCUT2D eigenvalue weighted by atomic mass is 15.0. The number of rotatable bonds is 5. The lowest BCUT2D eigenvalue weighted by Gasteiger charge is -2.00. The summed E-state index contributed by atoms with van der Waals surface area (Å²) in [4.78, 5) is 3.98. The molecule has 0 bridgehead atoms. The van der Waals surface area contributed by atoms with Gasteiger partial charge in [-0.1, -0.05) is 116 Å². The van der Waals surface area contributed by atoms with Crippen LogP contribution in [0.15, 0.2) is 79.4 Å². The summed E-state index contributed by atoms with van der Waals surface area (Å²) in [5, 5.41) is 0. The highest BCUT2D eigenvalue weighted by Crippen LogP contribution is 2.03. The quantitative estimate of drug-likeness (QED) is 0.436. The largest absolute Gasteiger partial charge is 0.333 e. The molecule has 28 heavy (non-hydrogen) atoms. The minimum absolute atomic E-state index is 0.904. The summed E-state index contributed by atoms with van der Waals surface area (Å²) < 4.78 is 2.05. The minimum atomic E-state index is 0.904. The van der Waals surface area contributed by atoms with Crippen molar-refractivity contribution in [3.8, 4) is 0 Å². The predicted molar refractivity (Wildman–Crippen MR) is 127 cm³/mol. The van der Waals surface area contributed by atoms with Gasteiger partial charge in [-0.05, 0) is 24.0 Å². The van der Waals surface area contributed by atoms with Crippen molar-refractivity contribution < 1.29 is 0 Å². The van der Waals surface area contributed by atoms with Gasteiger partial charge in [-0.2, -0.15) is 0 Å². The summed E-state index contributed by atoms with van der Waals surface area (Å²) in [5.74, 6) is 0. The van der Waals surface area contributed by atoms with Gasteiger partial charge in [-0.25, -0.2) is 4.98 Å². The molecule has 0 atom stereocenters. The maximum Gasteiger partial charge on any atom is 0.0949 e. The zero-order chi connectivity index (χ0) is 21.5. The zero-order valence-corrected chi connectivity index (χ0v) is 19.2. The molecule has 0 saturated carbocycles. The molecule has 0 N–H and O–H groups in total. The first kappa shape index (κ1) is 27.9. The summed E-state index contributed by atoms with van der Waals surface area (Å²) >= 11 is 0. The molecule has 2 nitrogen and oxygen atoms in total. The molecule has 0 fully saturated rings. The molecule has 3 aromatic rings. The van der Waals surface area contributed by atoms with Crippen LogP contribution in [0.1, 0.15) is 72.4 Å². The van der Waals surface area contributed by atoms with Gasteiger partial charge in [0.15, 0.2) is 0 Å². The Bertz CT molecular complexity index is 601. The van der Waals surface area contributed by atoms with Crippen LogP contribution in [-0.2, 0) is 13.0 Å². The minimum Gasteiger partial charge on any atom is -0.333 e. The molecular formula is C26H42N2. The molecule has 0 aliphatic rings. The molecule has 1 heterocycles. The van der Waals surface area contributed by atoms with E-state index in [-0.39, 0.29) is 0 Å². The van der Waals surface area contributed by atoms with Crippen molar-refractivity contribution in [2.45, 2.75) is 74.3 Å². The van der Waals surface area contributed by atoms with Crippen LogP contribution in [-0.4, -0.2) is 9.55 Å². The van der Waals surface area contributed by atoms with Crippen LogP contribution in [0.4, 0.5) is 0 Å². The molecule has 0 unspecified atom stereocenters. The molecule has 1 aromatic heterocycles. The highest BCUT2D eigenvalue weighted by Gasteiger charge is 1.91. The van der Waals surface area contributed by atoms with E-state index < -0.39 is 0 Å². The number of imidazole rings is 1. The van der Waals surface area contributed by atoms with Crippen LogP contribution in [0.25, 0.3) is 0 Å². The summed E-state index contributed by atoms with van der Waals surface area (Å²) in [5.41, 5.74) is 2.76. The number of unbranched alkanes of at least 4 members (excludes halogenated alkanes) is 1. The lowest BCUT2D eigenvalue weighted by Crippen LogP contribution is -1.95. The molecule has 2 aromatic carbocycles. The number of aromatic nitrogens is 2. The zero-order valence-electron chi connectivity index (χ0n) is 19.2. The van der Waals surface area contributed by atoms with Gasteiger partial charge in [0.1, 0.15) is 0 Å². The van der Waals surface area contributed by atoms with E-state index in [1.807, 2.05) is 72.3 Å². The molecule has 0 saturated heterocycles. The average molecular weight is 383 g/mol. The molecule has 3 rings (SSSR count). The van der Waals surface area contributed by atoms with Crippen molar-refractivity contribution in [1.82, 2.24) is 9.55 Å². The van der Waals surface area contributed by atoms with E-state index in [1.165, 1.54) is 30.4 Å². The maximum absolute atomic E-state index is 3.98. The lowest BCUT2D eigenvalue weighted by molar-refractivity contribution is 0.795. The Labute approximate surface area is 174 Å². The Morgan fingerprint density at radius 3 is 1.64 bits per heavy atom.